The number of aromatic nitrogens is 2. The van der Waals surface area contributed by atoms with E-state index in [0.29, 0.717) is 5.82 Å². The molecule has 2 rings (SSSR count). The fourth-order valence-corrected chi connectivity index (χ4v) is 1.48. The van der Waals surface area contributed by atoms with Crippen LogP contribution in [0.2, 0.25) is 5.02 Å². The molecule has 1 fully saturated rings. The molecule has 0 aromatic carbocycles. The van der Waals surface area contributed by atoms with Crippen molar-refractivity contribution in [1.29, 1.82) is 0 Å². The summed E-state index contributed by atoms with van der Waals surface area (Å²) >= 11 is 5.76. The predicted octanol–water partition coefficient (Wildman–Crippen LogP) is 1.64. The molecule has 5 heteroatoms. The van der Waals surface area contributed by atoms with Gasteiger partial charge in [0.05, 0.1) is 6.33 Å². The summed E-state index contributed by atoms with van der Waals surface area (Å²) in [6, 6.07) is 0. The van der Waals surface area contributed by atoms with E-state index in [9.17, 15) is 4.79 Å². The highest BCUT2D eigenvalue weighted by Crippen LogP contribution is 2.32. The second kappa shape index (κ2) is 4.00. The summed E-state index contributed by atoms with van der Waals surface area (Å²) in [5.41, 5.74) is -0.296. The summed E-state index contributed by atoms with van der Waals surface area (Å²) < 4.78 is 0. The van der Waals surface area contributed by atoms with Crippen LogP contribution < -0.4 is 10.9 Å². The molecular weight excluding hydrogens is 202 g/mol. The first-order valence-corrected chi connectivity index (χ1v) is 5.12. The van der Waals surface area contributed by atoms with Crippen LogP contribution >= 0.6 is 11.6 Å². The van der Waals surface area contributed by atoms with Gasteiger partial charge in [0, 0.05) is 6.54 Å². The third-order valence-electron chi connectivity index (χ3n) is 2.34. The predicted molar refractivity (Wildman–Crippen MR) is 55.7 cm³/mol. The Bertz CT molecular complexity index is 373. The number of rotatable bonds is 4. The highest BCUT2D eigenvalue weighted by Gasteiger charge is 2.20. The number of hydrogen-bond acceptors (Lipinski definition) is 3. The van der Waals surface area contributed by atoms with E-state index in [4.69, 9.17) is 11.6 Å². The molecule has 0 unspecified atom stereocenters. The highest BCUT2D eigenvalue weighted by molar-refractivity contribution is 6.32. The van der Waals surface area contributed by atoms with Gasteiger partial charge < -0.3 is 10.3 Å². The number of halogens is 1. The minimum atomic E-state index is -0.296. The molecule has 1 saturated carbocycles. The van der Waals surface area contributed by atoms with E-state index in [0.717, 1.165) is 18.9 Å². The zero-order valence-corrected chi connectivity index (χ0v) is 8.47. The van der Waals surface area contributed by atoms with E-state index in [1.54, 1.807) is 0 Å². The lowest BCUT2D eigenvalue weighted by molar-refractivity contribution is 0.758. The van der Waals surface area contributed by atoms with Crippen LogP contribution in [0.3, 0.4) is 0 Å². The van der Waals surface area contributed by atoms with Crippen molar-refractivity contribution in [2.75, 3.05) is 11.9 Å². The minimum Gasteiger partial charge on any atom is -0.369 e. The fraction of sp³-hybridized carbons (Fsp3) is 0.556. The van der Waals surface area contributed by atoms with Crippen LogP contribution in [0.15, 0.2) is 11.1 Å². The lowest BCUT2D eigenvalue weighted by Gasteiger charge is -2.04. The Kier molecular flexibility index (Phi) is 2.72. The van der Waals surface area contributed by atoms with Crippen LogP contribution in [0.1, 0.15) is 19.3 Å². The number of aromatic amines is 1. The average Bonchev–Trinajstić information content (AvgIpc) is 2.96. The van der Waals surface area contributed by atoms with Crippen molar-refractivity contribution in [2.24, 2.45) is 5.92 Å². The molecule has 0 amide bonds. The van der Waals surface area contributed by atoms with E-state index in [1.165, 1.54) is 19.2 Å². The largest absolute Gasteiger partial charge is 0.369 e. The molecule has 0 bridgehead atoms. The summed E-state index contributed by atoms with van der Waals surface area (Å²) in [4.78, 5) is 17.5. The van der Waals surface area contributed by atoms with Crippen molar-refractivity contribution < 1.29 is 0 Å². The summed E-state index contributed by atoms with van der Waals surface area (Å²) in [5, 5.41) is 3.20. The minimum absolute atomic E-state index is 0.142. The maximum absolute atomic E-state index is 11.1. The van der Waals surface area contributed by atoms with E-state index in [-0.39, 0.29) is 10.6 Å². The van der Waals surface area contributed by atoms with Crippen molar-refractivity contribution in [3.05, 3.63) is 21.7 Å². The Morgan fingerprint density at radius 2 is 2.43 bits per heavy atom. The molecule has 1 aliphatic carbocycles. The van der Waals surface area contributed by atoms with Gasteiger partial charge in [0.25, 0.3) is 5.56 Å². The molecule has 4 nitrogen and oxygen atoms in total. The zero-order valence-electron chi connectivity index (χ0n) is 7.72. The number of hydrogen-bond donors (Lipinski definition) is 2. The van der Waals surface area contributed by atoms with Crippen LogP contribution in [0.5, 0.6) is 0 Å². The quantitative estimate of drug-likeness (QED) is 0.800. The van der Waals surface area contributed by atoms with Gasteiger partial charge in [-0.15, -0.1) is 0 Å². The molecule has 76 valence electrons. The molecule has 0 radical (unpaired) electrons. The van der Waals surface area contributed by atoms with E-state index >= 15 is 0 Å². The Hall–Kier alpha value is -1.03. The SMILES string of the molecule is O=c1[nH]cnc(NCCC2CC2)c1Cl. The molecule has 0 aliphatic heterocycles. The second-order valence-electron chi connectivity index (χ2n) is 3.55. The summed E-state index contributed by atoms with van der Waals surface area (Å²) in [6.07, 6.45) is 5.15. The van der Waals surface area contributed by atoms with Crippen molar-refractivity contribution in [3.63, 3.8) is 0 Å². The van der Waals surface area contributed by atoms with Crippen LogP contribution in [0, 0.1) is 5.92 Å². The van der Waals surface area contributed by atoms with Crippen molar-refractivity contribution in [2.45, 2.75) is 19.3 Å². The smallest absolute Gasteiger partial charge is 0.271 e. The molecule has 1 aromatic heterocycles. The molecule has 0 spiro atoms. The monoisotopic (exact) mass is 213 g/mol. The van der Waals surface area contributed by atoms with Gasteiger partial charge in [0.15, 0.2) is 5.82 Å². The van der Waals surface area contributed by atoms with Gasteiger partial charge >= 0.3 is 0 Å². The Morgan fingerprint density at radius 3 is 3.14 bits per heavy atom. The Morgan fingerprint density at radius 1 is 1.64 bits per heavy atom. The van der Waals surface area contributed by atoms with Gasteiger partial charge in [-0.3, -0.25) is 4.79 Å². The van der Waals surface area contributed by atoms with Gasteiger partial charge in [0.1, 0.15) is 5.02 Å². The molecular formula is C9H12ClN3O. The summed E-state index contributed by atoms with van der Waals surface area (Å²) in [7, 11) is 0. The third kappa shape index (κ3) is 2.26. The summed E-state index contributed by atoms with van der Waals surface area (Å²) in [6.45, 7) is 0.834. The van der Waals surface area contributed by atoms with Crippen molar-refractivity contribution >= 4 is 17.4 Å². The first-order chi connectivity index (χ1) is 6.77. The molecule has 0 saturated heterocycles. The van der Waals surface area contributed by atoms with Gasteiger partial charge in [-0.2, -0.15) is 0 Å². The van der Waals surface area contributed by atoms with E-state index in [1.807, 2.05) is 0 Å². The topological polar surface area (TPSA) is 57.8 Å². The van der Waals surface area contributed by atoms with E-state index < -0.39 is 0 Å². The number of nitrogens with zero attached hydrogens (tertiary/aromatic N) is 1. The van der Waals surface area contributed by atoms with Crippen LogP contribution in [-0.2, 0) is 0 Å². The number of H-pyrrole nitrogens is 1. The second-order valence-corrected chi connectivity index (χ2v) is 3.93. The molecule has 2 N–H and O–H groups in total. The zero-order chi connectivity index (χ0) is 9.97. The first-order valence-electron chi connectivity index (χ1n) is 4.74. The van der Waals surface area contributed by atoms with Crippen molar-refractivity contribution in [3.8, 4) is 0 Å². The van der Waals surface area contributed by atoms with Crippen LogP contribution in [0.4, 0.5) is 5.82 Å². The van der Waals surface area contributed by atoms with Crippen LogP contribution in [0.25, 0.3) is 0 Å². The van der Waals surface area contributed by atoms with Gasteiger partial charge in [-0.25, -0.2) is 4.98 Å². The van der Waals surface area contributed by atoms with Crippen molar-refractivity contribution in [1.82, 2.24) is 9.97 Å². The number of anilines is 1. The lowest BCUT2D eigenvalue weighted by atomic mass is 10.3. The fourth-order valence-electron chi connectivity index (χ4n) is 1.31. The maximum atomic E-state index is 11.1. The maximum Gasteiger partial charge on any atom is 0.271 e. The molecule has 1 heterocycles. The molecule has 14 heavy (non-hydrogen) atoms. The standard InChI is InChI=1S/C9H12ClN3O/c10-7-8(12-5-13-9(7)14)11-4-3-6-1-2-6/h5-6H,1-4H2,(H2,11,12,13,14). The van der Waals surface area contributed by atoms with Gasteiger partial charge in [-0.1, -0.05) is 24.4 Å². The molecule has 1 aliphatic rings. The Labute approximate surface area is 86.7 Å². The van der Waals surface area contributed by atoms with E-state index in [2.05, 4.69) is 15.3 Å². The molecule has 1 aromatic rings. The third-order valence-corrected chi connectivity index (χ3v) is 2.69. The number of nitrogens with one attached hydrogen (secondary N) is 2. The highest BCUT2D eigenvalue weighted by atomic mass is 35.5. The summed E-state index contributed by atoms with van der Waals surface area (Å²) in [5.74, 6) is 1.35. The lowest BCUT2D eigenvalue weighted by Crippen LogP contribution is -2.12. The molecule has 0 atom stereocenters. The average molecular weight is 214 g/mol. The van der Waals surface area contributed by atoms with Crippen LogP contribution in [-0.4, -0.2) is 16.5 Å². The van der Waals surface area contributed by atoms with Gasteiger partial charge in [-0.05, 0) is 12.3 Å². The Balaban J connectivity index is 1.93. The normalized spacial score (nSPS) is 15.5. The van der Waals surface area contributed by atoms with Gasteiger partial charge in [0.2, 0.25) is 0 Å². The first kappa shape index (κ1) is 9.52.